The second-order valence-electron chi connectivity index (χ2n) is 5.72. The molecule has 2 aromatic rings. The Bertz CT molecular complexity index is 763. The van der Waals surface area contributed by atoms with Gasteiger partial charge in [-0.15, -0.1) is 0 Å². The quantitative estimate of drug-likeness (QED) is 0.653. The maximum absolute atomic E-state index is 11.3. The van der Waals surface area contributed by atoms with Crippen molar-refractivity contribution >= 4 is 15.8 Å². The van der Waals surface area contributed by atoms with Crippen LogP contribution in [-0.4, -0.2) is 65.4 Å². The molecule has 0 unspecified atom stereocenters. The van der Waals surface area contributed by atoms with E-state index < -0.39 is 10.0 Å². The predicted molar refractivity (Wildman–Crippen MR) is 97.4 cm³/mol. The minimum atomic E-state index is -3.09. The Labute approximate surface area is 152 Å². The molecule has 0 aromatic carbocycles. The van der Waals surface area contributed by atoms with Gasteiger partial charge in [-0.1, -0.05) is 6.07 Å². The first-order chi connectivity index (χ1) is 12.4. The molecule has 0 atom stereocenters. The number of hydroxylamine groups is 1. The van der Waals surface area contributed by atoms with Crippen LogP contribution in [0.4, 0.5) is 5.82 Å². The summed E-state index contributed by atoms with van der Waals surface area (Å²) in [6.07, 6.45) is 6.00. The molecule has 0 bridgehead atoms. The molecule has 0 saturated carbocycles. The van der Waals surface area contributed by atoms with Crippen LogP contribution in [0.1, 0.15) is 5.56 Å². The van der Waals surface area contributed by atoms with Gasteiger partial charge in [0.2, 0.25) is 10.0 Å². The topological polar surface area (TPSA) is 119 Å². The van der Waals surface area contributed by atoms with Crippen LogP contribution < -0.4 is 10.4 Å². The van der Waals surface area contributed by atoms with Crippen LogP contribution in [0, 0.1) is 0 Å². The summed E-state index contributed by atoms with van der Waals surface area (Å²) >= 11 is 0. The fourth-order valence-corrected chi connectivity index (χ4v) is 3.23. The van der Waals surface area contributed by atoms with Crippen LogP contribution in [0.25, 0.3) is 0 Å². The Balaban J connectivity index is 0.000000228. The molecule has 142 valence electrons. The number of hydrogen-bond donors (Lipinski definition) is 3. The average molecular weight is 381 g/mol. The molecule has 1 aliphatic rings. The summed E-state index contributed by atoms with van der Waals surface area (Å²) in [7, 11) is -3.09. The van der Waals surface area contributed by atoms with Gasteiger partial charge in [0.25, 0.3) is 0 Å². The van der Waals surface area contributed by atoms with Gasteiger partial charge in [-0.3, -0.25) is 4.98 Å². The molecule has 0 radical (unpaired) electrons. The van der Waals surface area contributed by atoms with Crippen molar-refractivity contribution in [1.29, 1.82) is 0 Å². The van der Waals surface area contributed by atoms with Crippen molar-refractivity contribution in [2.75, 3.05) is 37.3 Å². The van der Waals surface area contributed by atoms with Crippen molar-refractivity contribution in [3.8, 4) is 5.75 Å². The van der Waals surface area contributed by atoms with Crippen molar-refractivity contribution in [2.45, 2.75) is 6.54 Å². The van der Waals surface area contributed by atoms with E-state index in [1.54, 1.807) is 24.5 Å². The van der Waals surface area contributed by atoms with E-state index in [1.807, 2.05) is 22.5 Å². The molecule has 0 spiro atoms. The minimum absolute atomic E-state index is 0.128. The lowest BCUT2D eigenvalue weighted by Crippen LogP contribution is -2.48. The van der Waals surface area contributed by atoms with E-state index in [9.17, 15) is 8.42 Å². The van der Waals surface area contributed by atoms with Gasteiger partial charge in [-0.2, -0.15) is 4.31 Å². The van der Waals surface area contributed by atoms with Crippen molar-refractivity contribution in [2.24, 2.45) is 0 Å². The van der Waals surface area contributed by atoms with Crippen LogP contribution in [0.15, 0.2) is 42.9 Å². The Hall–Kier alpha value is -2.27. The second kappa shape index (κ2) is 9.43. The number of sulfonamides is 1. The van der Waals surface area contributed by atoms with Crippen molar-refractivity contribution in [3.05, 3.63) is 48.4 Å². The summed E-state index contributed by atoms with van der Waals surface area (Å²) in [5, 5.41) is 17.4. The zero-order valence-electron chi connectivity index (χ0n) is 14.5. The smallest absolute Gasteiger partial charge is 0.211 e. The fourth-order valence-electron chi connectivity index (χ4n) is 2.41. The van der Waals surface area contributed by atoms with Crippen molar-refractivity contribution in [3.63, 3.8) is 0 Å². The van der Waals surface area contributed by atoms with E-state index >= 15 is 0 Å². The summed E-state index contributed by atoms with van der Waals surface area (Å²) in [6, 6.07) is 7.01. The van der Waals surface area contributed by atoms with Crippen LogP contribution in [0.5, 0.6) is 5.75 Å². The third-order valence-electron chi connectivity index (χ3n) is 3.77. The SMILES string of the molecule is CS(=O)(=O)N1CCN(c2ccc(O)cn2)CC1.ONCc1cccnc1. The van der Waals surface area contributed by atoms with E-state index in [1.165, 1.54) is 16.8 Å². The fraction of sp³-hybridized carbons (Fsp3) is 0.375. The largest absolute Gasteiger partial charge is 0.506 e. The van der Waals surface area contributed by atoms with Crippen LogP contribution in [-0.2, 0) is 16.6 Å². The van der Waals surface area contributed by atoms with Gasteiger partial charge in [0.05, 0.1) is 12.5 Å². The number of rotatable bonds is 4. The highest BCUT2D eigenvalue weighted by atomic mass is 32.2. The average Bonchev–Trinajstić information content (AvgIpc) is 2.64. The first-order valence-corrected chi connectivity index (χ1v) is 9.86. The molecule has 10 heteroatoms. The number of nitrogens with one attached hydrogen (secondary N) is 1. The number of hydrogen-bond acceptors (Lipinski definition) is 8. The van der Waals surface area contributed by atoms with Gasteiger partial charge < -0.3 is 15.2 Å². The molecule has 1 aliphatic heterocycles. The van der Waals surface area contributed by atoms with Crippen LogP contribution in [0.2, 0.25) is 0 Å². The molecule has 26 heavy (non-hydrogen) atoms. The molecule has 0 amide bonds. The van der Waals surface area contributed by atoms with Crippen LogP contribution >= 0.6 is 0 Å². The monoisotopic (exact) mass is 381 g/mol. The van der Waals surface area contributed by atoms with Gasteiger partial charge in [0.1, 0.15) is 11.6 Å². The maximum atomic E-state index is 11.3. The Morgan fingerprint density at radius 1 is 1.15 bits per heavy atom. The summed E-state index contributed by atoms with van der Waals surface area (Å²) in [6.45, 7) is 2.63. The van der Waals surface area contributed by atoms with E-state index in [2.05, 4.69) is 9.97 Å². The molecular formula is C16H23N5O4S. The molecule has 0 aliphatic carbocycles. The van der Waals surface area contributed by atoms with Gasteiger partial charge in [0, 0.05) is 45.1 Å². The highest BCUT2D eigenvalue weighted by Crippen LogP contribution is 2.17. The maximum Gasteiger partial charge on any atom is 0.211 e. The third-order valence-corrected chi connectivity index (χ3v) is 5.07. The van der Waals surface area contributed by atoms with E-state index in [4.69, 9.17) is 10.3 Å². The number of nitrogens with zero attached hydrogens (tertiary/aromatic N) is 4. The van der Waals surface area contributed by atoms with Gasteiger partial charge in [-0.05, 0) is 23.8 Å². The highest BCUT2D eigenvalue weighted by molar-refractivity contribution is 7.88. The van der Waals surface area contributed by atoms with E-state index in [0.717, 1.165) is 11.4 Å². The summed E-state index contributed by atoms with van der Waals surface area (Å²) in [5.41, 5.74) is 3.02. The molecule has 3 rings (SSSR count). The van der Waals surface area contributed by atoms with Crippen molar-refractivity contribution < 1.29 is 18.7 Å². The zero-order valence-corrected chi connectivity index (χ0v) is 15.3. The zero-order chi connectivity index (χ0) is 19.0. The summed E-state index contributed by atoms with van der Waals surface area (Å²) in [4.78, 5) is 9.95. The molecule has 2 aromatic heterocycles. The molecule has 1 fully saturated rings. The number of anilines is 1. The lowest BCUT2D eigenvalue weighted by Gasteiger charge is -2.33. The second-order valence-corrected chi connectivity index (χ2v) is 7.70. The number of pyridine rings is 2. The van der Waals surface area contributed by atoms with Gasteiger partial charge >= 0.3 is 0 Å². The summed E-state index contributed by atoms with van der Waals surface area (Å²) < 4.78 is 24.1. The molecule has 3 N–H and O–H groups in total. The molecular weight excluding hydrogens is 358 g/mol. The lowest BCUT2D eigenvalue weighted by atomic mass is 10.3. The molecule has 1 saturated heterocycles. The number of aromatic hydroxyl groups is 1. The van der Waals surface area contributed by atoms with Crippen LogP contribution in [0.3, 0.4) is 0 Å². The number of piperazine rings is 1. The normalized spacial score (nSPS) is 15.2. The van der Waals surface area contributed by atoms with Gasteiger partial charge in [-0.25, -0.2) is 18.9 Å². The predicted octanol–water partition coefficient (Wildman–Crippen LogP) is 0.429. The summed E-state index contributed by atoms with van der Waals surface area (Å²) in [5.74, 6) is 0.888. The standard InChI is InChI=1S/C10H15N3O3S.C6H8N2O/c1-17(15,16)13-6-4-12(5-7-13)10-3-2-9(14)8-11-10;9-8-5-6-2-1-3-7-4-6/h2-3,8,14H,4-7H2,1H3;1-4,8-9H,5H2. The first-order valence-electron chi connectivity index (χ1n) is 8.01. The lowest BCUT2D eigenvalue weighted by molar-refractivity contribution is 0.161. The van der Waals surface area contributed by atoms with Gasteiger partial charge in [0.15, 0.2) is 0 Å². The number of aromatic nitrogens is 2. The van der Waals surface area contributed by atoms with Crippen molar-refractivity contribution in [1.82, 2.24) is 19.8 Å². The molecule has 9 nitrogen and oxygen atoms in total. The Kier molecular flexibility index (Phi) is 7.27. The molecule has 3 heterocycles. The Morgan fingerprint density at radius 2 is 1.88 bits per heavy atom. The van der Waals surface area contributed by atoms with E-state index in [0.29, 0.717) is 32.7 Å². The Morgan fingerprint density at radius 3 is 2.38 bits per heavy atom. The van der Waals surface area contributed by atoms with E-state index in [-0.39, 0.29) is 5.75 Å². The third kappa shape index (κ3) is 6.23. The highest BCUT2D eigenvalue weighted by Gasteiger charge is 2.23. The minimum Gasteiger partial charge on any atom is -0.506 e. The first kappa shape index (κ1) is 20.0.